The Bertz CT molecular complexity index is 1110. The van der Waals surface area contributed by atoms with Crippen molar-refractivity contribution in [2.24, 2.45) is 5.16 Å². The van der Waals surface area contributed by atoms with Crippen molar-refractivity contribution in [3.05, 3.63) is 33.7 Å². The van der Waals surface area contributed by atoms with Gasteiger partial charge in [-0.1, -0.05) is 5.16 Å². The van der Waals surface area contributed by atoms with Crippen LogP contribution in [0.1, 0.15) is 45.7 Å². The minimum atomic E-state index is -1.39. The fourth-order valence-electron chi connectivity index (χ4n) is 3.87. The highest BCUT2D eigenvalue weighted by Gasteiger charge is 2.50. The van der Waals surface area contributed by atoms with Crippen LogP contribution in [0.5, 0.6) is 11.5 Å². The number of hydrogen-bond donors (Lipinski definition) is 3. The first-order chi connectivity index (χ1) is 15.4. The van der Waals surface area contributed by atoms with Crippen LogP contribution in [-0.2, 0) is 14.3 Å². The molecule has 0 bridgehead atoms. The van der Waals surface area contributed by atoms with Gasteiger partial charge in [-0.15, -0.1) is 0 Å². The SMILES string of the molecule is CO[C@@H]1[C@@H](O)[C@@H](O)[C@H](Oc2ccc3c(O)c(/C(C)=N\OC(C)C)c(=O)oc3c2C)OC1(C)C. The molecule has 1 aliphatic heterocycles. The lowest BCUT2D eigenvalue weighted by Gasteiger charge is -2.46. The van der Waals surface area contributed by atoms with Crippen molar-refractivity contribution in [3.63, 3.8) is 0 Å². The lowest BCUT2D eigenvalue weighted by molar-refractivity contribution is -0.306. The van der Waals surface area contributed by atoms with Crippen molar-refractivity contribution in [3.8, 4) is 11.5 Å². The fourth-order valence-corrected chi connectivity index (χ4v) is 3.87. The van der Waals surface area contributed by atoms with Crippen molar-refractivity contribution in [1.29, 1.82) is 0 Å². The first kappa shape index (κ1) is 25.0. The van der Waals surface area contributed by atoms with Crippen LogP contribution >= 0.6 is 0 Å². The molecule has 0 saturated carbocycles. The van der Waals surface area contributed by atoms with Gasteiger partial charge >= 0.3 is 5.63 Å². The van der Waals surface area contributed by atoms with Crippen LogP contribution in [-0.4, -0.2) is 64.4 Å². The summed E-state index contributed by atoms with van der Waals surface area (Å²) in [5, 5.41) is 35.8. The molecule has 1 saturated heterocycles. The third kappa shape index (κ3) is 4.70. The third-order valence-electron chi connectivity index (χ3n) is 5.55. The lowest BCUT2D eigenvalue weighted by atomic mass is 9.89. The number of methoxy groups -OCH3 is 1. The zero-order valence-corrected chi connectivity index (χ0v) is 19.8. The molecule has 0 aliphatic carbocycles. The van der Waals surface area contributed by atoms with E-state index in [4.69, 9.17) is 23.5 Å². The smallest absolute Gasteiger partial charge is 0.349 e. The number of benzene rings is 1. The largest absolute Gasteiger partial charge is 0.506 e. The number of ether oxygens (including phenoxy) is 3. The fraction of sp³-hybridized carbons (Fsp3) is 0.565. The van der Waals surface area contributed by atoms with Gasteiger partial charge in [-0.3, -0.25) is 0 Å². The molecule has 0 radical (unpaired) electrons. The van der Waals surface area contributed by atoms with Crippen LogP contribution in [0, 0.1) is 6.92 Å². The Morgan fingerprint density at radius 2 is 1.88 bits per heavy atom. The molecule has 1 aromatic heterocycles. The molecule has 0 amide bonds. The maximum Gasteiger partial charge on any atom is 0.349 e. The molecule has 10 heteroatoms. The second kappa shape index (κ2) is 9.30. The highest BCUT2D eigenvalue weighted by Crippen LogP contribution is 2.37. The summed E-state index contributed by atoms with van der Waals surface area (Å²) in [4.78, 5) is 17.8. The Hall–Kier alpha value is -2.66. The topological polar surface area (TPSA) is 140 Å². The third-order valence-corrected chi connectivity index (χ3v) is 5.55. The highest BCUT2D eigenvalue weighted by atomic mass is 16.7. The number of nitrogens with zero attached hydrogens (tertiary/aromatic N) is 1. The van der Waals surface area contributed by atoms with Crippen molar-refractivity contribution >= 4 is 16.7 Å². The Kier molecular flexibility index (Phi) is 7.04. The Morgan fingerprint density at radius 1 is 1.21 bits per heavy atom. The molecule has 1 aliphatic rings. The van der Waals surface area contributed by atoms with E-state index in [-0.39, 0.29) is 39.8 Å². The summed E-state index contributed by atoms with van der Waals surface area (Å²) in [6.07, 6.45) is -4.80. The number of rotatable bonds is 6. The van der Waals surface area contributed by atoms with E-state index in [1.165, 1.54) is 20.1 Å². The van der Waals surface area contributed by atoms with Gasteiger partial charge in [0.25, 0.3) is 0 Å². The summed E-state index contributed by atoms with van der Waals surface area (Å²) in [6, 6.07) is 3.07. The first-order valence-electron chi connectivity index (χ1n) is 10.6. The summed E-state index contributed by atoms with van der Waals surface area (Å²) in [6.45, 7) is 10.2. The average molecular weight is 465 g/mol. The van der Waals surface area contributed by atoms with E-state index in [1.807, 2.05) is 0 Å². The van der Waals surface area contributed by atoms with E-state index in [2.05, 4.69) is 5.16 Å². The van der Waals surface area contributed by atoms with Gasteiger partial charge < -0.3 is 38.8 Å². The van der Waals surface area contributed by atoms with Crippen LogP contribution in [0.15, 0.2) is 26.5 Å². The average Bonchev–Trinajstić information content (AvgIpc) is 2.72. The molecule has 0 spiro atoms. The molecular formula is C23H31NO9. The van der Waals surface area contributed by atoms with E-state index >= 15 is 0 Å². The summed E-state index contributed by atoms with van der Waals surface area (Å²) in [5.74, 6) is -0.0489. The molecule has 3 N–H and O–H groups in total. The van der Waals surface area contributed by atoms with Gasteiger partial charge in [0.05, 0.1) is 16.7 Å². The second-order valence-corrected chi connectivity index (χ2v) is 8.85. The number of aromatic hydroxyl groups is 1. The number of aliphatic hydroxyl groups is 2. The van der Waals surface area contributed by atoms with E-state index in [0.717, 1.165) is 0 Å². The maximum absolute atomic E-state index is 12.6. The van der Waals surface area contributed by atoms with Gasteiger partial charge in [-0.25, -0.2) is 4.79 Å². The number of oxime groups is 1. The zero-order valence-electron chi connectivity index (χ0n) is 19.8. The zero-order chi connectivity index (χ0) is 24.7. The van der Waals surface area contributed by atoms with Crippen molar-refractivity contribution in [2.75, 3.05) is 7.11 Å². The number of hydrogen-bond acceptors (Lipinski definition) is 10. The second-order valence-electron chi connectivity index (χ2n) is 8.85. The van der Waals surface area contributed by atoms with Crippen molar-refractivity contribution < 1.29 is 38.8 Å². The Labute approximate surface area is 191 Å². The predicted molar refractivity (Wildman–Crippen MR) is 120 cm³/mol. The molecule has 2 heterocycles. The van der Waals surface area contributed by atoms with Gasteiger partial charge in [0, 0.05) is 12.7 Å². The first-order valence-corrected chi connectivity index (χ1v) is 10.6. The summed E-state index contributed by atoms with van der Waals surface area (Å²) in [5.41, 5.74) is -1.15. The maximum atomic E-state index is 12.6. The molecule has 1 fully saturated rings. The van der Waals surface area contributed by atoms with Crippen LogP contribution < -0.4 is 10.4 Å². The van der Waals surface area contributed by atoms with Gasteiger partial charge in [0.15, 0.2) is 0 Å². The molecule has 1 aromatic carbocycles. The molecule has 10 nitrogen and oxygen atoms in total. The van der Waals surface area contributed by atoms with E-state index in [0.29, 0.717) is 5.56 Å². The molecule has 2 aromatic rings. The van der Waals surface area contributed by atoms with E-state index < -0.39 is 35.8 Å². The molecule has 33 heavy (non-hydrogen) atoms. The summed E-state index contributed by atoms with van der Waals surface area (Å²) >= 11 is 0. The molecule has 4 atom stereocenters. The van der Waals surface area contributed by atoms with Gasteiger partial charge in [-0.05, 0) is 53.7 Å². The predicted octanol–water partition coefficient (Wildman–Crippen LogP) is 2.21. The van der Waals surface area contributed by atoms with Gasteiger partial charge in [0.1, 0.15) is 47.1 Å². The molecule has 182 valence electrons. The summed E-state index contributed by atoms with van der Waals surface area (Å²) in [7, 11) is 1.42. The Morgan fingerprint density at radius 3 is 2.48 bits per heavy atom. The summed E-state index contributed by atoms with van der Waals surface area (Å²) < 4.78 is 22.4. The number of aliphatic hydroxyl groups excluding tert-OH is 2. The van der Waals surface area contributed by atoms with Gasteiger partial charge in [0.2, 0.25) is 6.29 Å². The van der Waals surface area contributed by atoms with Crippen LogP contribution in [0.2, 0.25) is 0 Å². The van der Waals surface area contributed by atoms with Crippen molar-refractivity contribution in [1.82, 2.24) is 0 Å². The van der Waals surface area contributed by atoms with Gasteiger partial charge in [-0.2, -0.15) is 0 Å². The Balaban J connectivity index is 1.99. The highest BCUT2D eigenvalue weighted by molar-refractivity contribution is 6.04. The molecule has 0 unspecified atom stereocenters. The quantitative estimate of drug-likeness (QED) is 0.333. The van der Waals surface area contributed by atoms with E-state index in [9.17, 15) is 20.1 Å². The lowest BCUT2D eigenvalue weighted by Crippen LogP contribution is -2.63. The monoisotopic (exact) mass is 465 g/mol. The van der Waals surface area contributed by atoms with Crippen LogP contribution in [0.25, 0.3) is 11.0 Å². The number of fused-ring (bicyclic) bond motifs is 1. The van der Waals surface area contributed by atoms with Crippen LogP contribution in [0.3, 0.4) is 0 Å². The minimum absolute atomic E-state index is 0.0993. The normalized spacial score (nSPS) is 25.5. The minimum Gasteiger partial charge on any atom is -0.506 e. The van der Waals surface area contributed by atoms with Crippen LogP contribution in [0.4, 0.5) is 0 Å². The standard InChI is InChI=1S/C23H31NO9/c1-10(2)33-24-12(4)15-16(25)13-8-9-14(11(3)19(13)31-21(15)28)30-22-18(27)17(26)20(29-7)23(5,6)32-22/h8-10,17-18,20,22,25-27H,1-7H3/b24-12-/t17-,18+,20+,22+/m0/s1. The number of aryl methyl sites for hydroxylation is 1. The molecular weight excluding hydrogens is 434 g/mol. The molecule has 3 rings (SSSR count). The van der Waals surface area contributed by atoms with Crippen molar-refractivity contribution in [2.45, 2.75) is 77.8 Å². The van der Waals surface area contributed by atoms with E-state index in [1.54, 1.807) is 40.7 Å².